The van der Waals surface area contributed by atoms with Gasteiger partial charge >= 0.3 is 0 Å². The lowest BCUT2D eigenvalue weighted by molar-refractivity contribution is 0.0614. The molecule has 0 radical (unpaired) electrons. The lowest BCUT2D eigenvalue weighted by Gasteiger charge is -2.13. The van der Waals surface area contributed by atoms with Crippen LogP contribution in [0, 0.1) is 6.92 Å². The molecule has 2 N–H and O–H groups in total. The zero-order valence-electron chi connectivity index (χ0n) is 11.5. The molecule has 0 aliphatic heterocycles. The van der Waals surface area contributed by atoms with Gasteiger partial charge in [0.25, 0.3) is 0 Å². The Morgan fingerprint density at radius 3 is 2.95 bits per heavy atom. The van der Waals surface area contributed by atoms with Crippen LogP contribution in [-0.4, -0.2) is 32.9 Å². The van der Waals surface area contributed by atoms with Crippen LogP contribution in [0.25, 0.3) is 11.4 Å². The van der Waals surface area contributed by atoms with Crippen molar-refractivity contribution in [3.8, 4) is 11.4 Å². The van der Waals surface area contributed by atoms with Crippen molar-refractivity contribution < 1.29 is 4.74 Å². The zero-order valence-corrected chi connectivity index (χ0v) is 11.5. The first-order chi connectivity index (χ1) is 9.11. The number of nitrogens with zero attached hydrogens (tertiary/aromatic N) is 4. The Kier molecular flexibility index (Phi) is 4.11. The molecular weight excluding hydrogens is 242 g/mol. The summed E-state index contributed by atoms with van der Waals surface area (Å²) in [6.45, 7) is 7.25. The van der Waals surface area contributed by atoms with Crippen LogP contribution >= 0.6 is 0 Å². The summed E-state index contributed by atoms with van der Waals surface area (Å²) in [6.07, 6.45) is 0.0540. The van der Waals surface area contributed by atoms with Crippen LogP contribution in [-0.2, 0) is 11.3 Å². The molecule has 1 unspecified atom stereocenters. The number of tetrazole rings is 1. The van der Waals surface area contributed by atoms with Crippen molar-refractivity contribution in [3.63, 3.8) is 0 Å². The van der Waals surface area contributed by atoms with Crippen LogP contribution in [0.1, 0.15) is 19.4 Å². The van der Waals surface area contributed by atoms with E-state index in [1.807, 2.05) is 39.0 Å². The molecule has 0 aliphatic carbocycles. The number of benzene rings is 1. The Morgan fingerprint density at radius 1 is 1.42 bits per heavy atom. The standard InChI is InChI=1S/C13H19N5O/c1-4-19-10(3)8-18-13(15-16-17-18)11-7-9(2)5-6-12(11)14/h5-7,10H,4,8,14H2,1-3H3. The highest BCUT2D eigenvalue weighted by molar-refractivity contribution is 5.71. The molecule has 102 valence electrons. The average molecular weight is 261 g/mol. The summed E-state index contributed by atoms with van der Waals surface area (Å²) in [5.74, 6) is 0.674. The monoisotopic (exact) mass is 261 g/mol. The Morgan fingerprint density at radius 2 is 2.21 bits per heavy atom. The minimum Gasteiger partial charge on any atom is -0.398 e. The van der Waals surface area contributed by atoms with Crippen LogP contribution < -0.4 is 5.73 Å². The molecular formula is C13H19N5O. The van der Waals surface area contributed by atoms with Gasteiger partial charge in [0.05, 0.1) is 12.6 Å². The molecule has 0 amide bonds. The lowest BCUT2D eigenvalue weighted by Crippen LogP contribution is -2.18. The van der Waals surface area contributed by atoms with E-state index in [0.29, 0.717) is 24.7 Å². The highest BCUT2D eigenvalue weighted by atomic mass is 16.5. The van der Waals surface area contributed by atoms with Gasteiger partial charge in [-0.2, -0.15) is 0 Å². The van der Waals surface area contributed by atoms with Gasteiger partial charge in [-0.3, -0.25) is 0 Å². The van der Waals surface area contributed by atoms with Crippen LogP contribution in [0.2, 0.25) is 0 Å². The maximum atomic E-state index is 6.00. The van der Waals surface area contributed by atoms with Gasteiger partial charge in [0.2, 0.25) is 0 Å². The first-order valence-electron chi connectivity index (χ1n) is 6.36. The van der Waals surface area contributed by atoms with Gasteiger partial charge in [-0.1, -0.05) is 11.6 Å². The molecule has 0 saturated carbocycles. The Balaban J connectivity index is 2.31. The van der Waals surface area contributed by atoms with Crippen LogP contribution in [0.3, 0.4) is 0 Å². The van der Waals surface area contributed by atoms with Crippen LogP contribution in [0.15, 0.2) is 18.2 Å². The topological polar surface area (TPSA) is 78.8 Å². The minimum atomic E-state index is 0.0540. The average Bonchev–Trinajstić information content (AvgIpc) is 2.80. The predicted octanol–water partition coefficient (Wildman–Crippen LogP) is 1.66. The first-order valence-corrected chi connectivity index (χ1v) is 6.36. The third kappa shape index (κ3) is 3.08. The van der Waals surface area contributed by atoms with Crippen molar-refractivity contribution in [1.29, 1.82) is 0 Å². The number of hydrogen-bond donors (Lipinski definition) is 1. The Bertz CT molecular complexity index is 552. The van der Waals surface area contributed by atoms with Gasteiger partial charge < -0.3 is 10.5 Å². The van der Waals surface area contributed by atoms with Gasteiger partial charge in [-0.25, -0.2) is 4.68 Å². The number of nitrogen functional groups attached to an aromatic ring is 1. The summed E-state index contributed by atoms with van der Waals surface area (Å²) in [6, 6.07) is 5.83. The second-order valence-corrected chi connectivity index (χ2v) is 4.54. The lowest BCUT2D eigenvalue weighted by atomic mass is 10.1. The molecule has 19 heavy (non-hydrogen) atoms. The number of anilines is 1. The van der Waals surface area contributed by atoms with Gasteiger partial charge in [0, 0.05) is 17.9 Å². The fraction of sp³-hybridized carbons (Fsp3) is 0.462. The Hall–Kier alpha value is -1.95. The van der Waals surface area contributed by atoms with Crippen LogP contribution in [0.5, 0.6) is 0 Å². The molecule has 0 bridgehead atoms. The summed E-state index contributed by atoms with van der Waals surface area (Å²) in [7, 11) is 0. The zero-order chi connectivity index (χ0) is 13.8. The van der Waals surface area contributed by atoms with E-state index < -0.39 is 0 Å². The number of ether oxygens (including phenoxy) is 1. The molecule has 1 aromatic carbocycles. The van der Waals surface area contributed by atoms with E-state index in [2.05, 4.69) is 15.5 Å². The van der Waals surface area contributed by atoms with E-state index in [1.54, 1.807) is 4.68 Å². The Labute approximate surface area is 112 Å². The van der Waals surface area contributed by atoms with E-state index in [0.717, 1.165) is 11.1 Å². The fourth-order valence-electron chi connectivity index (χ4n) is 1.97. The van der Waals surface area contributed by atoms with Crippen molar-refractivity contribution >= 4 is 5.69 Å². The first kappa shape index (κ1) is 13.5. The molecule has 1 heterocycles. The quantitative estimate of drug-likeness (QED) is 0.828. The van der Waals surface area contributed by atoms with Crippen molar-refractivity contribution in [1.82, 2.24) is 20.2 Å². The van der Waals surface area contributed by atoms with E-state index in [1.165, 1.54) is 0 Å². The number of nitrogens with two attached hydrogens (primary N) is 1. The second kappa shape index (κ2) is 5.79. The maximum Gasteiger partial charge on any atom is 0.184 e. The summed E-state index contributed by atoms with van der Waals surface area (Å²) >= 11 is 0. The molecule has 6 nitrogen and oxygen atoms in total. The number of rotatable bonds is 5. The highest BCUT2D eigenvalue weighted by Crippen LogP contribution is 2.24. The molecule has 2 aromatic rings. The largest absolute Gasteiger partial charge is 0.398 e. The number of aromatic nitrogens is 4. The van der Waals surface area contributed by atoms with Gasteiger partial charge in [-0.15, -0.1) is 5.10 Å². The SMILES string of the molecule is CCOC(C)Cn1nnnc1-c1cc(C)ccc1N. The van der Waals surface area contributed by atoms with E-state index in [4.69, 9.17) is 10.5 Å². The van der Waals surface area contributed by atoms with Gasteiger partial charge in [-0.05, 0) is 43.3 Å². The van der Waals surface area contributed by atoms with Crippen molar-refractivity contribution in [2.45, 2.75) is 33.4 Å². The van der Waals surface area contributed by atoms with Crippen molar-refractivity contribution in [2.75, 3.05) is 12.3 Å². The van der Waals surface area contributed by atoms with E-state index in [-0.39, 0.29) is 6.10 Å². The summed E-state index contributed by atoms with van der Waals surface area (Å²) < 4.78 is 7.24. The van der Waals surface area contributed by atoms with Gasteiger partial charge in [0.1, 0.15) is 0 Å². The molecule has 2 rings (SSSR count). The highest BCUT2D eigenvalue weighted by Gasteiger charge is 2.14. The van der Waals surface area contributed by atoms with Crippen LogP contribution in [0.4, 0.5) is 5.69 Å². The molecule has 1 atom stereocenters. The smallest absolute Gasteiger partial charge is 0.184 e. The molecule has 6 heteroatoms. The summed E-state index contributed by atoms with van der Waals surface area (Å²) in [5, 5.41) is 11.8. The maximum absolute atomic E-state index is 6.00. The molecule has 0 saturated heterocycles. The van der Waals surface area contributed by atoms with E-state index >= 15 is 0 Å². The number of hydrogen-bond acceptors (Lipinski definition) is 5. The second-order valence-electron chi connectivity index (χ2n) is 4.54. The third-order valence-corrected chi connectivity index (χ3v) is 2.86. The number of aryl methyl sites for hydroxylation is 1. The normalized spacial score (nSPS) is 12.6. The summed E-state index contributed by atoms with van der Waals surface area (Å²) in [5.41, 5.74) is 8.65. The molecule has 1 aromatic heterocycles. The van der Waals surface area contributed by atoms with Crippen molar-refractivity contribution in [2.24, 2.45) is 0 Å². The predicted molar refractivity (Wildman–Crippen MR) is 73.5 cm³/mol. The fourth-order valence-corrected chi connectivity index (χ4v) is 1.97. The molecule has 0 aliphatic rings. The van der Waals surface area contributed by atoms with E-state index in [9.17, 15) is 0 Å². The van der Waals surface area contributed by atoms with Crippen molar-refractivity contribution in [3.05, 3.63) is 23.8 Å². The molecule has 0 spiro atoms. The third-order valence-electron chi connectivity index (χ3n) is 2.86. The summed E-state index contributed by atoms with van der Waals surface area (Å²) in [4.78, 5) is 0. The van der Waals surface area contributed by atoms with Gasteiger partial charge in [0.15, 0.2) is 5.82 Å². The molecule has 0 fully saturated rings. The minimum absolute atomic E-state index is 0.0540.